The summed E-state index contributed by atoms with van der Waals surface area (Å²) in [5.41, 5.74) is 0. The molecule has 0 aliphatic carbocycles. The van der Waals surface area contributed by atoms with Gasteiger partial charge in [-0.1, -0.05) is 253 Å². The van der Waals surface area contributed by atoms with Crippen LogP contribution in [0.25, 0.3) is 0 Å². The van der Waals surface area contributed by atoms with E-state index in [4.69, 9.17) is 14.2 Å². The van der Waals surface area contributed by atoms with Crippen LogP contribution in [0.5, 0.6) is 0 Å². The molecule has 0 radical (unpaired) electrons. The molecule has 0 heterocycles. The molecule has 0 aromatic heterocycles. The summed E-state index contributed by atoms with van der Waals surface area (Å²) < 4.78 is 16.7. The fourth-order valence-electron chi connectivity index (χ4n) is 7.99. The van der Waals surface area contributed by atoms with Crippen molar-refractivity contribution in [1.82, 2.24) is 0 Å². The molecular formula is C53H102O6. The second kappa shape index (κ2) is 45.9. The van der Waals surface area contributed by atoms with Crippen molar-refractivity contribution in [2.45, 2.75) is 298 Å². The van der Waals surface area contributed by atoms with E-state index in [1.54, 1.807) is 0 Å². The highest BCUT2D eigenvalue weighted by atomic mass is 16.6. The van der Waals surface area contributed by atoms with Crippen molar-refractivity contribution in [3.8, 4) is 0 Å². The first-order chi connectivity index (χ1) is 28.7. The predicted molar refractivity (Wildman–Crippen MR) is 252 cm³/mol. The lowest BCUT2D eigenvalue weighted by atomic mass is 10.0. The Bertz CT molecular complexity index is 900. The first-order valence-corrected chi connectivity index (χ1v) is 26.2. The van der Waals surface area contributed by atoms with Crippen molar-refractivity contribution in [2.75, 3.05) is 13.2 Å². The van der Waals surface area contributed by atoms with Gasteiger partial charge in [0, 0.05) is 19.3 Å². The average Bonchev–Trinajstić information content (AvgIpc) is 3.20. The van der Waals surface area contributed by atoms with Crippen LogP contribution in [-0.2, 0) is 28.6 Å². The van der Waals surface area contributed by atoms with Crippen LogP contribution in [0, 0.1) is 11.8 Å². The van der Waals surface area contributed by atoms with Gasteiger partial charge < -0.3 is 14.2 Å². The largest absolute Gasteiger partial charge is 0.462 e. The molecule has 0 aromatic carbocycles. The molecule has 6 nitrogen and oxygen atoms in total. The fourth-order valence-corrected chi connectivity index (χ4v) is 7.99. The molecule has 0 aliphatic heterocycles. The monoisotopic (exact) mass is 835 g/mol. The number of rotatable bonds is 47. The molecule has 0 saturated carbocycles. The van der Waals surface area contributed by atoms with Gasteiger partial charge in [-0.15, -0.1) is 0 Å². The van der Waals surface area contributed by atoms with E-state index in [1.165, 1.54) is 173 Å². The summed E-state index contributed by atoms with van der Waals surface area (Å²) in [4.78, 5) is 37.6. The topological polar surface area (TPSA) is 78.9 Å². The Morgan fingerprint density at radius 2 is 0.559 bits per heavy atom. The Kier molecular flexibility index (Phi) is 44.7. The summed E-state index contributed by atoms with van der Waals surface area (Å²) >= 11 is 0. The number of carbonyl (C=O) groups excluding carboxylic acids is 3. The second-order valence-corrected chi connectivity index (χ2v) is 19.1. The zero-order chi connectivity index (χ0) is 43.3. The van der Waals surface area contributed by atoms with Gasteiger partial charge in [-0.2, -0.15) is 0 Å². The molecule has 0 unspecified atom stereocenters. The smallest absolute Gasteiger partial charge is 0.306 e. The van der Waals surface area contributed by atoms with Crippen LogP contribution in [0.15, 0.2) is 0 Å². The maximum absolute atomic E-state index is 12.6. The summed E-state index contributed by atoms with van der Waals surface area (Å²) in [7, 11) is 0. The van der Waals surface area contributed by atoms with Crippen molar-refractivity contribution in [3.05, 3.63) is 0 Å². The number of hydrogen-bond donors (Lipinski definition) is 0. The van der Waals surface area contributed by atoms with Crippen LogP contribution in [0.3, 0.4) is 0 Å². The lowest BCUT2D eigenvalue weighted by molar-refractivity contribution is -0.167. The Labute approximate surface area is 368 Å². The van der Waals surface area contributed by atoms with Gasteiger partial charge in [-0.3, -0.25) is 14.4 Å². The molecule has 6 heteroatoms. The summed E-state index contributed by atoms with van der Waals surface area (Å²) in [6, 6.07) is 0. The Morgan fingerprint density at radius 3 is 0.831 bits per heavy atom. The van der Waals surface area contributed by atoms with Crippen molar-refractivity contribution in [3.63, 3.8) is 0 Å². The van der Waals surface area contributed by atoms with Crippen LogP contribution in [0.4, 0.5) is 0 Å². The van der Waals surface area contributed by atoms with E-state index in [-0.39, 0.29) is 31.1 Å². The van der Waals surface area contributed by atoms with E-state index in [9.17, 15) is 14.4 Å². The van der Waals surface area contributed by atoms with E-state index >= 15 is 0 Å². The third kappa shape index (κ3) is 47.3. The summed E-state index contributed by atoms with van der Waals surface area (Å²) in [6.45, 7) is 11.3. The molecule has 0 bridgehead atoms. The van der Waals surface area contributed by atoms with E-state index in [1.807, 2.05) is 0 Å². The van der Waals surface area contributed by atoms with Gasteiger partial charge in [0.25, 0.3) is 0 Å². The highest BCUT2D eigenvalue weighted by Crippen LogP contribution is 2.18. The molecule has 0 spiro atoms. The number of hydrogen-bond acceptors (Lipinski definition) is 6. The molecule has 0 saturated heterocycles. The summed E-state index contributed by atoms with van der Waals surface area (Å²) in [5.74, 6) is 0.831. The maximum atomic E-state index is 12.6. The van der Waals surface area contributed by atoms with E-state index in [2.05, 4.69) is 34.6 Å². The molecule has 0 rings (SSSR count). The minimum absolute atomic E-state index is 0.0650. The average molecular weight is 835 g/mol. The van der Waals surface area contributed by atoms with Gasteiger partial charge in [0.05, 0.1) is 0 Å². The quantitative estimate of drug-likeness (QED) is 0.0345. The van der Waals surface area contributed by atoms with Gasteiger partial charge in [-0.05, 0) is 31.1 Å². The van der Waals surface area contributed by atoms with Gasteiger partial charge in [-0.25, -0.2) is 0 Å². The lowest BCUT2D eigenvalue weighted by Gasteiger charge is -2.18. The highest BCUT2D eigenvalue weighted by Gasteiger charge is 2.19. The molecule has 0 amide bonds. The van der Waals surface area contributed by atoms with E-state index in [0.29, 0.717) is 19.3 Å². The van der Waals surface area contributed by atoms with Crippen molar-refractivity contribution < 1.29 is 28.6 Å². The van der Waals surface area contributed by atoms with Crippen LogP contribution in [0.1, 0.15) is 291 Å². The minimum atomic E-state index is -0.759. The summed E-state index contributed by atoms with van der Waals surface area (Å²) in [5, 5.41) is 0. The van der Waals surface area contributed by atoms with Crippen LogP contribution >= 0.6 is 0 Å². The molecule has 0 aromatic rings. The molecular weight excluding hydrogens is 733 g/mol. The second-order valence-electron chi connectivity index (χ2n) is 19.1. The molecule has 1 atom stereocenters. The van der Waals surface area contributed by atoms with Gasteiger partial charge in [0.1, 0.15) is 13.2 Å². The van der Waals surface area contributed by atoms with Gasteiger partial charge >= 0.3 is 17.9 Å². The van der Waals surface area contributed by atoms with Crippen molar-refractivity contribution >= 4 is 17.9 Å². The molecule has 350 valence electrons. The zero-order valence-corrected chi connectivity index (χ0v) is 40.4. The number of carbonyl (C=O) groups is 3. The van der Waals surface area contributed by atoms with Crippen molar-refractivity contribution in [2.24, 2.45) is 11.8 Å². The molecule has 0 fully saturated rings. The first kappa shape index (κ1) is 57.4. The standard InChI is InChI=1S/C53H102O6/c1-6-7-8-31-40-45-53(56)59-50(47-58-52(55)44-39-35-30-26-22-18-17-20-24-28-33-37-42-49(4)5)46-57-51(54)43-38-34-29-25-21-16-14-12-10-9-11-13-15-19-23-27-32-36-41-48(2)3/h48-50H,6-47H2,1-5H3/t50-/m0/s1. The van der Waals surface area contributed by atoms with Gasteiger partial charge in [0.2, 0.25) is 0 Å². The zero-order valence-electron chi connectivity index (χ0n) is 40.4. The maximum Gasteiger partial charge on any atom is 0.306 e. The first-order valence-electron chi connectivity index (χ1n) is 26.2. The third-order valence-corrected chi connectivity index (χ3v) is 12.0. The van der Waals surface area contributed by atoms with Crippen molar-refractivity contribution in [1.29, 1.82) is 0 Å². The lowest BCUT2D eigenvalue weighted by Crippen LogP contribution is -2.30. The summed E-state index contributed by atoms with van der Waals surface area (Å²) in [6.07, 6.45) is 47.0. The Balaban J connectivity index is 4.02. The van der Waals surface area contributed by atoms with Gasteiger partial charge in [0.15, 0.2) is 6.10 Å². The minimum Gasteiger partial charge on any atom is -0.462 e. The van der Waals surface area contributed by atoms with Crippen LogP contribution in [0.2, 0.25) is 0 Å². The van der Waals surface area contributed by atoms with E-state index < -0.39 is 6.10 Å². The predicted octanol–water partition coefficient (Wildman–Crippen LogP) is 16.9. The van der Waals surface area contributed by atoms with E-state index in [0.717, 1.165) is 76.0 Å². The third-order valence-electron chi connectivity index (χ3n) is 12.0. The Hall–Kier alpha value is -1.59. The number of esters is 3. The normalized spacial score (nSPS) is 12.1. The fraction of sp³-hybridized carbons (Fsp3) is 0.943. The molecule has 0 aliphatic rings. The molecule has 0 N–H and O–H groups in total. The number of unbranched alkanes of at least 4 members (excludes halogenated alkanes) is 32. The number of ether oxygens (including phenoxy) is 3. The molecule has 59 heavy (non-hydrogen) atoms. The van der Waals surface area contributed by atoms with Crippen LogP contribution in [-0.4, -0.2) is 37.2 Å². The van der Waals surface area contributed by atoms with Crippen LogP contribution < -0.4 is 0 Å². The SMILES string of the molecule is CCCCCCCC(=O)O[C@@H](COC(=O)CCCCCCCCCCCCCCCCCCCCC(C)C)COC(=O)CCCCCCCCCCCCCCC(C)C. The highest BCUT2D eigenvalue weighted by molar-refractivity contribution is 5.71. The Morgan fingerprint density at radius 1 is 0.322 bits per heavy atom.